The number of aromatic nitrogens is 3. The van der Waals surface area contributed by atoms with E-state index in [1.54, 1.807) is 17.5 Å². The maximum absolute atomic E-state index is 6.06. The van der Waals surface area contributed by atoms with Crippen LogP contribution < -0.4 is 0 Å². The van der Waals surface area contributed by atoms with Crippen molar-refractivity contribution >= 4 is 28.6 Å². The molecule has 3 heterocycles. The van der Waals surface area contributed by atoms with Gasteiger partial charge in [-0.05, 0) is 19.1 Å². The van der Waals surface area contributed by atoms with E-state index in [1.165, 1.54) is 0 Å². The lowest BCUT2D eigenvalue weighted by Gasteiger charge is -1.98. The number of aryl methyl sites for hydroxylation is 1. The van der Waals surface area contributed by atoms with Crippen molar-refractivity contribution in [2.24, 2.45) is 0 Å². The number of hydrogen-bond acceptors (Lipinski definition) is 3. The summed E-state index contributed by atoms with van der Waals surface area (Å²) in [4.78, 5) is 8.75. The fraction of sp³-hybridized carbons (Fsp3) is 0.0909. The third-order valence-corrected chi connectivity index (χ3v) is 3.44. The van der Waals surface area contributed by atoms with E-state index in [9.17, 15) is 0 Å². The van der Waals surface area contributed by atoms with E-state index < -0.39 is 0 Å². The molecule has 3 rings (SSSR count). The quantitative estimate of drug-likeness (QED) is 0.662. The van der Waals surface area contributed by atoms with Crippen LogP contribution in [0.3, 0.4) is 0 Å². The zero-order chi connectivity index (χ0) is 11.1. The van der Waals surface area contributed by atoms with E-state index >= 15 is 0 Å². The first-order valence-electron chi connectivity index (χ1n) is 4.80. The van der Waals surface area contributed by atoms with Crippen molar-refractivity contribution < 1.29 is 0 Å². The van der Waals surface area contributed by atoms with Crippen molar-refractivity contribution in [3.8, 4) is 11.4 Å². The zero-order valence-corrected chi connectivity index (χ0v) is 10.1. The molecule has 0 aliphatic heterocycles. The molecule has 0 radical (unpaired) electrons. The van der Waals surface area contributed by atoms with Crippen molar-refractivity contribution in [2.75, 3.05) is 0 Å². The van der Waals surface area contributed by atoms with Crippen LogP contribution >= 0.6 is 22.9 Å². The second-order valence-electron chi connectivity index (χ2n) is 3.44. The van der Waals surface area contributed by atoms with Crippen LogP contribution in [0.2, 0.25) is 5.02 Å². The molecule has 0 bridgehead atoms. The fourth-order valence-electron chi connectivity index (χ4n) is 1.65. The minimum atomic E-state index is 0.653. The number of hydrogen-bond donors (Lipinski definition) is 0. The number of nitrogens with zero attached hydrogens (tertiary/aromatic N) is 3. The number of pyridine rings is 1. The van der Waals surface area contributed by atoms with E-state index in [2.05, 4.69) is 9.97 Å². The SMILES string of the molecule is Cc1nc(-c2cnc3c(Cl)cccn23)cs1. The van der Waals surface area contributed by atoms with E-state index in [0.717, 1.165) is 22.0 Å². The molecule has 0 saturated carbocycles. The van der Waals surface area contributed by atoms with Crippen LogP contribution in [0.5, 0.6) is 0 Å². The van der Waals surface area contributed by atoms with Crippen LogP contribution in [0, 0.1) is 6.92 Å². The van der Waals surface area contributed by atoms with Gasteiger partial charge in [0.25, 0.3) is 0 Å². The molecular formula is C11H8ClN3S. The van der Waals surface area contributed by atoms with Gasteiger partial charge in [0.1, 0.15) is 0 Å². The fourth-order valence-corrected chi connectivity index (χ4v) is 2.47. The van der Waals surface area contributed by atoms with Crippen molar-refractivity contribution in [1.29, 1.82) is 0 Å². The molecule has 0 aliphatic rings. The second-order valence-corrected chi connectivity index (χ2v) is 4.91. The first kappa shape index (κ1) is 9.81. The molecule has 0 aliphatic carbocycles. The van der Waals surface area contributed by atoms with Gasteiger partial charge in [0, 0.05) is 11.6 Å². The monoisotopic (exact) mass is 249 g/mol. The van der Waals surface area contributed by atoms with Crippen LogP contribution in [-0.2, 0) is 0 Å². The molecular weight excluding hydrogens is 242 g/mol. The van der Waals surface area contributed by atoms with E-state index in [0.29, 0.717) is 5.02 Å². The Labute approximate surface area is 101 Å². The lowest BCUT2D eigenvalue weighted by atomic mass is 10.3. The Morgan fingerprint density at radius 2 is 2.31 bits per heavy atom. The average molecular weight is 250 g/mol. The summed E-state index contributed by atoms with van der Waals surface area (Å²) < 4.78 is 1.96. The Hall–Kier alpha value is -1.39. The van der Waals surface area contributed by atoms with Gasteiger partial charge in [-0.2, -0.15) is 0 Å². The maximum Gasteiger partial charge on any atom is 0.156 e. The third-order valence-electron chi connectivity index (χ3n) is 2.37. The van der Waals surface area contributed by atoms with Gasteiger partial charge in [0.15, 0.2) is 5.65 Å². The Morgan fingerprint density at radius 1 is 1.44 bits per heavy atom. The summed E-state index contributed by atoms with van der Waals surface area (Å²) in [5.41, 5.74) is 2.68. The first-order valence-corrected chi connectivity index (χ1v) is 6.05. The molecule has 16 heavy (non-hydrogen) atoms. The van der Waals surface area contributed by atoms with Crippen LogP contribution in [0.4, 0.5) is 0 Å². The van der Waals surface area contributed by atoms with Gasteiger partial charge < -0.3 is 0 Å². The summed E-state index contributed by atoms with van der Waals surface area (Å²) >= 11 is 7.69. The van der Waals surface area contributed by atoms with Gasteiger partial charge in [-0.25, -0.2) is 9.97 Å². The van der Waals surface area contributed by atoms with Gasteiger partial charge in [0.2, 0.25) is 0 Å². The molecule has 3 aromatic heterocycles. The van der Waals surface area contributed by atoms with Crippen LogP contribution in [0.15, 0.2) is 29.9 Å². The minimum Gasteiger partial charge on any atom is -0.297 e. The predicted octanol–water partition coefficient (Wildman–Crippen LogP) is 3.42. The molecule has 0 fully saturated rings. The number of halogens is 1. The van der Waals surface area contributed by atoms with Gasteiger partial charge in [0.05, 0.1) is 27.6 Å². The number of imidazole rings is 1. The molecule has 3 nitrogen and oxygen atoms in total. The van der Waals surface area contributed by atoms with E-state index in [4.69, 9.17) is 11.6 Å². The van der Waals surface area contributed by atoms with Gasteiger partial charge in [-0.3, -0.25) is 4.40 Å². The third kappa shape index (κ3) is 1.42. The van der Waals surface area contributed by atoms with Gasteiger partial charge in [-0.15, -0.1) is 11.3 Å². The lowest BCUT2D eigenvalue weighted by Crippen LogP contribution is -1.88. The molecule has 5 heteroatoms. The Kier molecular flexibility index (Phi) is 2.19. The normalized spacial score (nSPS) is 11.1. The Bertz CT molecular complexity index is 656. The molecule has 0 amide bonds. The molecule has 3 aromatic rings. The highest BCUT2D eigenvalue weighted by Crippen LogP contribution is 2.25. The van der Waals surface area contributed by atoms with Crippen molar-refractivity contribution in [2.45, 2.75) is 6.92 Å². The minimum absolute atomic E-state index is 0.653. The lowest BCUT2D eigenvalue weighted by molar-refractivity contribution is 1.17. The number of rotatable bonds is 1. The Balaban J connectivity index is 2.29. The van der Waals surface area contributed by atoms with E-state index in [1.807, 2.05) is 35.0 Å². The molecule has 0 N–H and O–H groups in total. The highest BCUT2D eigenvalue weighted by molar-refractivity contribution is 7.09. The molecule has 0 spiro atoms. The van der Waals surface area contributed by atoms with Gasteiger partial charge >= 0.3 is 0 Å². The summed E-state index contributed by atoms with van der Waals surface area (Å²) in [7, 11) is 0. The first-order chi connectivity index (χ1) is 7.75. The summed E-state index contributed by atoms with van der Waals surface area (Å²) in [6.07, 6.45) is 3.74. The highest BCUT2D eigenvalue weighted by Gasteiger charge is 2.09. The standard InChI is InChI=1S/C11H8ClN3S/c1-7-14-9(6-16-7)10-5-13-11-8(12)3-2-4-15(10)11/h2-6H,1H3. The number of thiazole rings is 1. The van der Waals surface area contributed by atoms with Crippen LogP contribution in [-0.4, -0.2) is 14.4 Å². The Morgan fingerprint density at radius 3 is 3.06 bits per heavy atom. The van der Waals surface area contributed by atoms with Crippen molar-refractivity contribution in [1.82, 2.24) is 14.4 Å². The summed E-state index contributed by atoms with van der Waals surface area (Å²) in [6.45, 7) is 1.99. The zero-order valence-electron chi connectivity index (χ0n) is 8.51. The second kappa shape index (κ2) is 3.57. The average Bonchev–Trinajstić information content (AvgIpc) is 2.84. The maximum atomic E-state index is 6.06. The summed E-state index contributed by atoms with van der Waals surface area (Å²) in [5.74, 6) is 0. The van der Waals surface area contributed by atoms with Gasteiger partial charge in [-0.1, -0.05) is 11.6 Å². The number of fused-ring (bicyclic) bond motifs is 1. The molecule has 80 valence electrons. The van der Waals surface area contributed by atoms with Crippen LogP contribution in [0.25, 0.3) is 17.0 Å². The highest BCUT2D eigenvalue weighted by atomic mass is 35.5. The van der Waals surface area contributed by atoms with E-state index in [-0.39, 0.29) is 0 Å². The van der Waals surface area contributed by atoms with Crippen LogP contribution in [0.1, 0.15) is 5.01 Å². The molecule has 0 aromatic carbocycles. The van der Waals surface area contributed by atoms with Crippen molar-refractivity contribution in [3.63, 3.8) is 0 Å². The molecule has 0 unspecified atom stereocenters. The topological polar surface area (TPSA) is 30.2 Å². The molecule has 0 saturated heterocycles. The molecule has 0 atom stereocenters. The van der Waals surface area contributed by atoms with Crippen molar-refractivity contribution in [3.05, 3.63) is 39.9 Å². The summed E-state index contributed by atoms with van der Waals surface area (Å²) in [6, 6.07) is 3.74. The summed E-state index contributed by atoms with van der Waals surface area (Å²) in [5, 5.41) is 3.73. The smallest absolute Gasteiger partial charge is 0.156 e. The predicted molar refractivity (Wildman–Crippen MR) is 66.0 cm³/mol. The largest absolute Gasteiger partial charge is 0.297 e.